The number of hydrogen-bond donors (Lipinski definition) is 2. The molecule has 1 heterocycles. The summed E-state index contributed by atoms with van der Waals surface area (Å²) in [6, 6.07) is 26.3. The van der Waals surface area contributed by atoms with Crippen molar-refractivity contribution in [3.8, 4) is 11.1 Å². The van der Waals surface area contributed by atoms with Crippen LogP contribution < -0.4 is 10.0 Å². The van der Waals surface area contributed by atoms with E-state index in [1.807, 2.05) is 72.8 Å². The van der Waals surface area contributed by atoms with Crippen molar-refractivity contribution in [1.82, 2.24) is 10.3 Å². The molecule has 1 fully saturated rings. The lowest BCUT2D eigenvalue weighted by molar-refractivity contribution is 0.0927. The number of pyridine rings is 1. The van der Waals surface area contributed by atoms with Crippen molar-refractivity contribution in [3.05, 3.63) is 96.2 Å². The average Bonchev–Trinajstić information content (AvgIpc) is 3.68. The third-order valence-corrected chi connectivity index (χ3v) is 6.57. The molecule has 4 aromatic rings. The third kappa shape index (κ3) is 4.65. The number of amides is 1. The Bertz CT molecular complexity index is 1450. The number of fused-ring (bicyclic) bond motifs is 1. The maximum Gasteiger partial charge on any atom is 0.271 e. The lowest BCUT2D eigenvalue weighted by atomic mass is 9.97. The SMILES string of the molecule is CS(=O)(=O)Nc1c(-c2ccccc2)c(C(=O)N[C@H](c2ccccc2)C2CC2)nc2ccccc12. The third-order valence-electron chi connectivity index (χ3n) is 6.00. The van der Waals surface area contributed by atoms with E-state index in [1.165, 1.54) is 0 Å². The van der Waals surface area contributed by atoms with Crippen molar-refractivity contribution < 1.29 is 13.2 Å². The molecule has 1 amide bonds. The van der Waals surface area contributed by atoms with E-state index in [9.17, 15) is 13.2 Å². The minimum Gasteiger partial charge on any atom is -0.344 e. The minimum atomic E-state index is -3.62. The lowest BCUT2D eigenvalue weighted by Crippen LogP contribution is -2.31. The van der Waals surface area contributed by atoms with Crippen molar-refractivity contribution >= 4 is 32.5 Å². The molecule has 0 radical (unpaired) electrons. The molecule has 0 unspecified atom stereocenters. The summed E-state index contributed by atoms with van der Waals surface area (Å²) in [6.45, 7) is 0. The summed E-state index contributed by atoms with van der Waals surface area (Å²) in [6.07, 6.45) is 3.21. The number of sulfonamides is 1. The summed E-state index contributed by atoms with van der Waals surface area (Å²) in [5.41, 5.74) is 3.31. The van der Waals surface area contributed by atoms with Gasteiger partial charge < -0.3 is 5.32 Å². The lowest BCUT2D eigenvalue weighted by Gasteiger charge is -2.22. The fraction of sp³-hybridized carbons (Fsp3) is 0.185. The zero-order chi connectivity index (χ0) is 23.7. The highest BCUT2D eigenvalue weighted by atomic mass is 32.2. The van der Waals surface area contributed by atoms with E-state index in [0.29, 0.717) is 33.6 Å². The number of rotatable bonds is 7. The van der Waals surface area contributed by atoms with Gasteiger partial charge >= 0.3 is 0 Å². The van der Waals surface area contributed by atoms with Gasteiger partial charge in [-0.15, -0.1) is 0 Å². The van der Waals surface area contributed by atoms with Gasteiger partial charge in [-0.1, -0.05) is 78.9 Å². The van der Waals surface area contributed by atoms with Crippen LogP contribution in [-0.2, 0) is 10.0 Å². The van der Waals surface area contributed by atoms with E-state index >= 15 is 0 Å². The predicted molar refractivity (Wildman–Crippen MR) is 135 cm³/mol. The Morgan fingerprint density at radius 3 is 2.18 bits per heavy atom. The van der Waals surface area contributed by atoms with Crippen LogP contribution in [0.1, 0.15) is 34.9 Å². The topological polar surface area (TPSA) is 88.2 Å². The smallest absolute Gasteiger partial charge is 0.271 e. The van der Waals surface area contributed by atoms with Crippen molar-refractivity contribution in [2.24, 2.45) is 5.92 Å². The van der Waals surface area contributed by atoms with E-state index in [4.69, 9.17) is 4.98 Å². The minimum absolute atomic E-state index is 0.128. The molecule has 0 spiro atoms. The van der Waals surface area contributed by atoms with Crippen LogP contribution >= 0.6 is 0 Å². The number of aromatic nitrogens is 1. The standard InChI is InChI=1S/C27H25N3O3S/c1-34(32,33)30-25-21-14-8-9-15-22(21)28-26(23(25)18-10-4-2-5-11-18)27(31)29-24(20-16-17-20)19-12-6-3-7-13-19/h2-15,20,24H,16-17H2,1H3,(H,28,30)(H,29,31)/t24-/m1/s1. The number of benzene rings is 3. The molecule has 2 N–H and O–H groups in total. The first-order chi connectivity index (χ1) is 16.4. The molecule has 1 aromatic heterocycles. The molecule has 0 saturated heterocycles. The molecule has 1 aliphatic carbocycles. The second kappa shape index (κ2) is 8.91. The van der Waals surface area contributed by atoms with Crippen LogP contribution in [0.15, 0.2) is 84.9 Å². The quantitative estimate of drug-likeness (QED) is 0.390. The van der Waals surface area contributed by atoms with Gasteiger partial charge in [0.1, 0.15) is 5.69 Å². The zero-order valence-corrected chi connectivity index (χ0v) is 19.5. The van der Waals surface area contributed by atoms with Gasteiger partial charge in [0.05, 0.1) is 23.5 Å². The summed E-state index contributed by atoms with van der Waals surface area (Å²) in [5, 5.41) is 3.83. The van der Waals surface area contributed by atoms with E-state index < -0.39 is 10.0 Å². The molecule has 172 valence electrons. The Kier molecular flexibility index (Phi) is 5.79. The van der Waals surface area contributed by atoms with Crippen LogP contribution in [0, 0.1) is 5.92 Å². The predicted octanol–water partition coefficient (Wildman–Crippen LogP) is 5.15. The summed E-state index contributed by atoms with van der Waals surface area (Å²) in [5.74, 6) is 0.0440. The first-order valence-electron chi connectivity index (χ1n) is 11.2. The number of para-hydroxylation sites is 1. The largest absolute Gasteiger partial charge is 0.344 e. The molecule has 0 bridgehead atoms. The van der Waals surface area contributed by atoms with Crippen molar-refractivity contribution in [2.45, 2.75) is 18.9 Å². The van der Waals surface area contributed by atoms with Gasteiger partial charge in [0.15, 0.2) is 0 Å². The van der Waals surface area contributed by atoms with Crippen molar-refractivity contribution in [2.75, 3.05) is 11.0 Å². The maximum absolute atomic E-state index is 13.8. The fourth-order valence-corrected chi connectivity index (χ4v) is 4.91. The number of carbonyl (C=O) groups is 1. The van der Waals surface area contributed by atoms with E-state index in [1.54, 1.807) is 12.1 Å². The second-order valence-electron chi connectivity index (χ2n) is 8.67. The van der Waals surface area contributed by atoms with Gasteiger partial charge in [0.2, 0.25) is 10.0 Å². The Morgan fingerprint density at radius 2 is 1.53 bits per heavy atom. The molecular weight excluding hydrogens is 446 g/mol. The van der Waals surface area contributed by atoms with Gasteiger partial charge in [0, 0.05) is 10.9 Å². The number of carbonyl (C=O) groups excluding carboxylic acids is 1. The molecule has 1 atom stereocenters. The van der Waals surface area contributed by atoms with Gasteiger partial charge in [-0.3, -0.25) is 9.52 Å². The van der Waals surface area contributed by atoms with Gasteiger partial charge in [-0.25, -0.2) is 13.4 Å². The van der Waals surface area contributed by atoms with E-state index in [-0.39, 0.29) is 17.6 Å². The zero-order valence-electron chi connectivity index (χ0n) is 18.7. The Morgan fingerprint density at radius 1 is 0.912 bits per heavy atom. The number of hydrogen-bond acceptors (Lipinski definition) is 4. The van der Waals surface area contributed by atoms with Crippen molar-refractivity contribution in [1.29, 1.82) is 0 Å². The molecule has 34 heavy (non-hydrogen) atoms. The van der Waals surface area contributed by atoms with E-state index in [2.05, 4.69) is 10.0 Å². The highest BCUT2D eigenvalue weighted by molar-refractivity contribution is 7.92. The van der Waals surface area contributed by atoms with Gasteiger partial charge in [-0.05, 0) is 36.0 Å². The van der Waals surface area contributed by atoms with Crippen LogP contribution in [-0.4, -0.2) is 25.6 Å². The fourth-order valence-electron chi connectivity index (χ4n) is 4.33. The summed E-state index contributed by atoms with van der Waals surface area (Å²) < 4.78 is 27.3. The van der Waals surface area contributed by atoms with Crippen LogP contribution in [0.25, 0.3) is 22.0 Å². The molecule has 7 heteroatoms. The molecule has 1 saturated carbocycles. The highest BCUT2D eigenvalue weighted by Crippen LogP contribution is 2.42. The normalized spacial score (nSPS) is 14.5. The number of anilines is 1. The summed E-state index contributed by atoms with van der Waals surface area (Å²) in [7, 11) is -3.62. The van der Waals surface area contributed by atoms with E-state index in [0.717, 1.165) is 24.7 Å². The molecular formula is C27H25N3O3S. The molecule has 6 nitrogen and oxygen atoms in total. The first kappa shape index (κ1) is 22.1. The second-order valence-corrected chi connectivity index (χ2v) is 10.4. The summed E-state index contributed by atoms with van der Waals surface area (Å²) >= 11 is 0. The molecule has 5 rings (SSSR count). The monoisotopic (exact) mass is 471 g/mol. The van der Waals surface area contributed by atoms with Gasteiger partial charge in [0.25, 0.3) is 5.91 Å². The summed E-state index contributed by atoms with van der Waals surface area (Å²) in [4.78, 5) is 18.5. The van der Waals surface area contributed by atoms with Crippen molar-refractivity contribution in [3.63, 3.8) is 0 Å². The van der Waals surface area contributed by atoms with Crippen LogP contribution in [0.3, 0.4) is 0 Å². The number of nitrogens with zero attached hydrogens (tertiary/aromatic N) is 1. The van der Waals surface area contributed by atoms with Crippen LogP contribution in [0.5, 0.6) is 0 Å². The number of nitrogens with one attached hydrogen (secondary N) is 2. The average molecular weight is 472 g/mol. The van der Waals surface area contributed by atoms with Gasteiger partial charge in [-0.2, -0.15) is 0 Å². The molecule has 1 aliphatic rings. The maximum atomic E-state index is 13.8. The molecule has 0 aliphatic heterocycles. The van der Waals surface area contributed by atoms with Crippen LogP contribution in [0.4, 0.5) is 5.69 Å². The first-order valence-corrected chi connectivity index (χ1v) is 13.1. The molecule has 3 aromatic carbocycles. The van der Waals surface area contributed by atoms with Crippen LogP contribution in [0.2, 0.25) is 0 Å². The highest BCUT2D eigenvalue weighted by Gasteiger charge is 2.34. The Labute approximate surface area is 199 Å². The Hall–Kier alpha value is -3.71. The Balaban J connectivity index is 1.69.